The third-order valence-electron chi connectivity index (χ3n) is 3.40. The van der Waals surface area contributed by atoms with E-state index in [0.29, 0.717) is 11.6 Å². The van der Waals surface area contributed by atoms with E-state index >= 15 is 0 Å². The summed E-state index contributed by atoms with van der Waals surface area (Å²) in [4.78, 5) is 32.2. The van der Waals surface area contributed by atoms with Crippen molar-refractivity contribution in [2.75, 3.05) is 11.9 Å². The van der Waals surface area contributed by atoms with E-state index in [4.69, 9.17) is 4.74 Å². The average Bonchev–Trinajstić information content (AvgIpc) is 3.08. The van der Waals surface area contributed by atoms with Gasteiger partial charge in [0.1, 0.15) is 5.82 Å². The van der Waals surface area contributed by atoms with Crippen LogP contribution in [0.2, 0.25) is 0 Å². The molecule has 3 aromatic heterocycles. The molecule has 25 heavy (non-hydrogen) atoms. The molecule has 0 unspecified atom stereocenters. The Morgan fingerprint density at radius 2 is 1.88 bits per heavy atom. The fourth-order valence-electron chi connectivity index (χ4n) is 2.35. The summed E-state index contributed by atoms with van der Waals surface area (Å²) in [7, 11) is 1.70. The minimum atomic E-state index is -0.793. The Morgan fingerprint density at radius 3 is 2.56 bits per heavy atom. The summed E-state index contributed by atoms with van der Waals surface area (Å²) in [5.41, 5.74) is 2.32. The molecule has 1 N–H and O–H groups in total. The summed E-state index contributed by atoms with van der Waals surface area (Å²) in [5.74, 6) is -0.603. The van der Waals surface area contributed by atoms with Gasteiger partial charge in [0.15, 0.2) is 6.61 Å². The van der Waals surface area contributed by atoms with Gasteiger partial charge in [-0.25, -0.2) is 14.3 Å². The minimum absolute atomic E-state index is 0.148. The summed E-state index contributed by atoms with van der Waals surface area (Å²) >= 11 is 0. The monoisotopic (exact) mass is 343 g/mol. The molecular weight excluding hydrogens is 326 g/mol. The first-order valence-corrected chi connectivity index (χ1v) is 7.52. The van der Waals surface area contributed by atoms with Crippen LogP contribution >= 0.6 is 0 Å². The fourth-order valence-corrected chi connectivity index (χ4v) is 2.35. The molecule has 0 fully saturated rings. The predicted octanol–water partition coefficient (Wildman–Crippen LogP) is 0.579. The average molecular weight is 343 g/mol. The van der Waals surface area contributed by atoms with Gasteiger partial charge in [0, 0.05) is 24.5 Å². The number of aromatic nitrogens is 6. The number of carbonyl (C=O) groups is 2. The summed E-state index contributed by atoms with van der Waals surface area (Å²) in [6.45, 7) is 5.01. The van der Waals surface area contributed by atoms with Gasteiger partial charge >= 0.3 is 5.97 Å². The minimum Gasteiger partial charge on any atom is -0.450 e. The van der Waals surface area contributed by atoms with Crippen molar-refractivity contribution in [3.05, 3.63) is 35.0 Å². The van der Waals surface area contributed by atoms with E-state index in [9.17, 15) is 9.59 Å². The molecule has 130 valence electrons. The van der Waals surface area contributed by atoms with E-state index in [0.717, 1.165) is 17.1 Å². The third kappa shape index (κ3) is 3.47. The van der Waals surface area contributed by atoms with Crippen molar-refractivity contribution in [1.82, 2.24) is 29.4 Å². The Kier molecular flexibility index (Phi) is 4.17. The van der Waals surface area contributed by atoms with E-state index in [2.05, 4.69) is 25.5 Å². The summed E-state index contributed by atoms with van der Waals surface area (Å²) in [5, 5.41) is 10.8. The lowest BCUT2D eigenvalue weighted by Crippen LogP contribution is -2.22. The molecule has 10 nitrogen and oxygen atoms in total. The van der Waals surface area contributed by atoms with Gasteiger partial charge in [-0.15, -0.1) is 5.10 Å². The molecule has 0 bridgehead atoms. The van der Waals surface area contributed by atoms with Gasteiger partial charge in [-0.05, 0) is 26.8 Å². The maximum absolute atomic E-state index is 12.1. The van der Waals surface area contributed by atoms with Gasteiger partial charge in [0.25, 0.3) is 17.5 Å². The standard InChI is InChI=1S/C15H17N7O3/c1-8-5-10(3)22-15(16-8)18-13(20-22)14(24)25-7-12(23)17-11-6-9(2)19-21(11)4/h5-6H,7H2,1-4H3,(H,17,23). The first kappa shape index (κ1) is 16.6. The molecular formula is C15H17N7O3. The zero-order valence-electron chi connectivity index (χ0n) is 14.3. The molecule has 0 saturated carbocycles. The lowest BCUT2D eigenvalue weighted by Gasteiger charge is -2.05. The molecule has 3 rings (SSSR count). The van der Waals surface area contributed by atoms with Gasteiger partial charge in [0.2, 0.25) is 0 Å². The van der Waals surface area contributed by atoms with Crippen LogP contribution in [0.4, 0.5) is 5.82 Å². The maximum Gasteiger partial charge on any atom is 0.378 e. The quantitative estimate of drug-likeness (QED) is 0.689. The SMILES string of the molecule is Cc1cc(C)n2nc(C(=O)OCC(=O)Nc3cc(C)nn3C)nc2n1. The van der Waals surface area contributed by atoms with E-state index in [1.807, 2.05) is 26.8 Å². The molecule has 0 aromatic carbocycles. The first-order valence-electron chi connectivity index (χ1n) is 7.52. The number of esters is 1. The molecule has 0 aliphatic rings. The zero-order chi connectivity index (χ0) is 18.1. The molecule has 0 saturated heterocycles. The Labute approximate surface area is 142 Å². The second kappa shape index (κ2) is 6.30. The van der Waals surface area contributed by atoms with Gasteiger partial charge in [-0.1, -0.05) is 0 Å². The van der Waals surface area contributed by atoms with Crippen molar-refractivity contribution in [2.24, 2.45) is 7.05 Å². The Morgan fingerprint density at radius 1 is 1.12 bits per heavy atom. The number of nitrogens with zero attached hydrogens (tertiary/aromatic N) is 6. The Bertz CT molecular complexity index is 973. The fraction of sp³-hybridized carbons (Fsp3) is 0.333. The number of nitrogens with one attached hydrogen (secondary N) is 1. The van der Waals surface area contributed by atoms with E-state index < -0.39 is 18.5 Å². The summed E-state index contributed by atoms with van der Waals surface area (Å²) in [6, 6.07) is 3.53. The number of ether oxygens (including phenoxy) is 1. The molecule has 0 spiro atoms. The van der Waals surface area contributed by atoms with Crippen molar-refractivity contribution in [2.45, 2.75) is 20.8 Å². The van der Waals surface area contributed by atoms with Crippen LogP contribution in [0.25, 0.3) is 5.78 Å². The van der Waals surface area contributed by atoms with Crippen molar-refractivity contribution >= 4 is 23.5 Å². The van der Waals surface area contributed by atoms with Gasteiger partial charge in [0.05, 0.1) is 5.69 Å². The molecule has 0 aliphatic carbocycles. The predicted molar refractivity (Wildman–Crippen MR) is 87.1 cm³/mol. The van der Waals surface area contributed by atoms with Crippen molar-refractivity contribution in [1.29, 1.82) is 0 Å². The molecule has 0 radical (unpaired) electrons. The van der Waals surface area contributed by atoms with Crippen LogP contribution in [0.5, 0.6) is 0 Å². The van der Waals surface area contributed by atoms with Crippen LogP contribution in [0.1, 0.15) is 27.7 Å². The lowest BCUT2D eigenvalue weighted by molar-refractivity contribution is -0.119. The van der Waals surface area contributed by atoms with Gasteiger partial charge in [-0.2, -0.15) is 10.1 Å². The third-order valence-corrected chi connectivity index (χ3v) is 3.40. The molecule has 10 heteroatoms. The van der Waals surface area contributed by atoms with E-state index in [1.165, 1.54) is 9.20 Å². The van der Waals surface area contributed by atoms with Gasteiger partial charge < -0.3 is 10.1 Å². The van der Waals surface area contributed by atoms with Crippen LogP contribution in [-0.4, -0.2) is 47.8 Å². The van der Waals surface area contributed by atoms with E-state index in [1.54, 1.807) is 13.1 Å². The van der Waals surface area contributed by atoms with Crippen LogP contribution in [-0.2, 0) is 16.6 Å². The Hall–Kier alpha value is -3.30. The number of hydrogen-bond donors (Lipinski definition) is 1. The highest BCUT2D eigenvalue weighted by molar-refractivity contribution is 5.93. The number of aryl methyl sites for hydroxylation is 4. The topological polar surface area (TPSA) is 116 Å². The highest BCUT2D eigenvalue weighted by atomic mass is 16.5. The molecule has 1 amide bonds. The lowest BCUT2D eigenvalue weighted by atomic mass is 10.4. The molecule has 3 heterocycles. The van der Waals surface area contributed by atoms with Crippen LogP contribution in [0.3, 0.4) is 0 Å². The normalized spacial score (nSPS) is 10.9. The molecule has 0 atom stereocenters. The zero-order valence-corrected chi connectivity index (χ0v) is 14.3. The van der Waals surface area contributed by atoms with Crippen LogP contribution < -0.4 is 5.32 Å². The van der Waals surface area contributed by atoms with Gasteiger partial charge in [-0.3, -0.25) is 9.48 Å². The largest absolute Gasteiger partial charge is 0.450 e. The second-order valence-corrected chi connectivity index (χ2v) is 5.60. The van der Waals surface area contributed by atoms with E-state index in [-0.39, 0.29) is 5.82 Å². The highest BCUT2D eigenvalue weighted by Gasteiger charge is 2.18. The smallest absolute Gasteiger partial charge is 0.378 e. The number of carbonyl (C=O) groups excluding carboxylic acids is 2. The van der Waals surface area contributed by atoms with Crippen molar-refractivity contribution in [3.8, 4) is 0 Å². The van der Waals surface area contributed by atoms with Crippen LogP contribution in [0, 0.1) is 20.8 Å². The highest BCUT2D eigenvalue weighted by Crippen LogP contribution is 2.08. The molecule has 0 aliphatic heterocycles. The summed E-state index contributed by atoms with van der Waals surface area (Å²) < 4.78 is 7.93. The summed E-state index contributed by atoms with van der Waals surface area (Å²) in [6.07, 6.45) is 0. The number of amides is 1. The Balaban J connectivity index is 1.65. The molecule has 3 aromatic rings. The number of anilines is 1. The first-order chi connectivity index (χ1) is 11.8. The van der Waals surface area contributed by atoms with Crippen LogP contribution in [0.15, 0.2) is 12.1 Å². The number of rotatable bonds is 4. The number of fused-ring (bicyclic) bond motifs is 1. The van der Waals surface area contributed by atoms with Crippen molar-refractivity contribution < 1.29 is 14.3 Å². The second-order valence-electron chi connectivity index (χ2n) is 5.60. The number of hydrogen-bond acceptors (Lipinski definition) is 7. The maximum atomic E-state index is 12.1. The van der Waals surface area contributed by atoms with Crippen molar-refractivity contribution in [3.63, 3.8) is 0 Å².